The van der Waals surface area contributed by atoms with E-state index in [2.05, 4.69) is 80.9 Å². The third kappa shape index (κ3) is 3.41. The van der Waals surface area contributed by atoms with E-state index in [1.807, 2.05) is 0 Å². The summed E-state index contributed by atoms with van der Waals surface area (Å²) < 4.78 is 2.56. The van der Waals surface area contributed by atoms with Gasteiger partial charge in [-0.05, 0) is 86.3 Å². The van der Waals surface area contributed by atoms with Crippen molar-refractivity contribution < 1.29 is 0 Å². The highest BCUT2D eigenvalue weighted by molar-refractivity contribution is 14.1. The molecule has 1 aromatic carbocycles. The predicted octanol–water partition coefficient (Wildman–Crippen LogP) is 4.20. The fourth-order valence-electron chi connectivity index (χ4n) is 1.51. The maximum Gasteiger partial charge on any atom is 0.0656 e. The molecule has 1 unspecified atom stereocenters. The SMILES string of the molecule is NC(Cc1ccc(I)cc1)c1csc(I)c1. The van der Waals surface area contributed by atoms with E-state index in [9.17, 15) is 0 Å². The Morgan fingerprint density at radius 1 is 1.19 bits per heavy atom. The highest BCUT2D eigenvalue weighted by Gasteiger charge is 2.08. The predicted molar refractivity (Wildman–Crippen MR) is 86.8 cm³/mol. The lowest BCUT2D eigenvalue weighted by Crippen LogP contribution is -2.12. The van der Waals surface area contributed by atoms with Gasteiger partial charge in [0.15, 0.2) is 0 Å². The van der Waals surface area contributed by atoms with E-state index < -0.39 is 0 Å². The van der Waals surface area contributed by atoms with Crippen LogP contribution in [0.1, 0.15) is 17.2 Å². The summed E-state index contributed by atoms with van der Waals surface area (Å²) in [5, 5.41) is 2.15. The number of halogens is 2. The van der Waals surface area contributed by atoms with E-state index in [1.54, 1.807) is 11.3 Å². The van der Waals surface area contributed by atoms with Gasteiger partial charge in [-0.3, -0.25) is 0 Å². The zero-order valence-corrected chi connectivity index (χ0v) is 13.6. The fraction of sp³-hybridized carbons (Fsp3) is 0.167. The Balaban J connectivity index is 2.07. The van der Waals surface area contributed by atoms with Crippen LogP contribution in [0.15, 0.2) is 35.7 Å². The van der Waals surface area contributed by atoms with Gasteiger partial charge in [0, 0.05) is 9.61 Å². The van der Waals surface area contributed by atoms with Gasteiger partial charge >= 0.3 is 0 Å². The smallest absolute Gasteiger partial charge is 0.0656 e. The first-order valence-corrected chi connectivity index (χ1v) is 7.93. The molecular weight excluding hydrogens is 444 g/mol. The summed E-state index contributed by atoms with van der Waals surface area (Å²) >= 11 is 6.40. The summed E-state index contributed by atoms with van der Waals surface area (Å²) in [5.41, 5.74) is 8.72. The molecule has 84 valence electrons. The summed E-state index contributed by atoms with van der Waals surface area (Å²) in [5.74, 6) is 0. The van der Waals surface area contributed by atoms with Gasteiger partial charge in [-0.25, -0.2) is 0 Å². The Labute approximate surface area is 127 Å². The molecule has 0 radical (unpaired) electrons. The lowest BCUT2D eigenvalue weighted by atomic mass is 10.0. The molecule has 0 bridgehead atoms. The summed E-state index contributed by atoms with van der Waals surface area (Å²) in [7, 11) is 0. The molecule has 2 aromatic rings. The van der Waals surface area contributed by atoms with Crippen LogP contribution in [0.3, 0.4) is 0 Å². The molecule has 2 rings (SSSR count). The Morgan fingerprint density at radius 3 is 2.44 bits per heavy atom. The molecule has 1 aromatic heterocycles. The normalized spacial score (nSPS) is 12.7. The van der Waals surface area contributed by atoms with Crippen molar-refractivity contribution in [2.75, 3.05) is 0 Å². The first kappa shape index (κ1) is 12.8. The molecule has 0 aliphatic carbocycles. The third-order valence-electron chi connectivity index (χ3n) is 2.38. The average molecular weight is 455 g/mol. The molecule has 1 nitrogen and oxygen atoms in total. The Kier molecular flexibility index (Phi) is 4.63. The first-order valence-electron chi connectivity index (χ1n) is 4.89. The quantitative estimate of drug-likeness (QED) is 0.691. The number of benzene rings is 1. The van der Waals surface area contributed by atoms with Crippen molar-refractivity contribution in [2.24, 2.45) is 5.73 Å². The van der Waals surface area contributed by atoms with Gasteiger partial charge in [-0.2, -0.15) is 0 Å². The number of hydrogen-bond donors (Lipinski definition) is 1. The van der Waals surface area contributed by atoms with Crippen molar-refractivity contribution >= 4 is 56.5 Å². The fourth-order valence-corrected chi connectivity index (χ4v) is 3.31. The van der Waals surface area contributed by atoms with Crippen molar-refractivity contribution in [1.82, 2.24) is 0 Å². The highest BCUT2D eigenvalue weighted by Crippen LogP contribution is 2.23. The molecule has 1 atom stereocenters. The minimum atomic E-state index is 0.111. The molecule has 16 heavy (non-hydrogen) atoms. The van der Waals surface area contributed by atoms with E-state index in [1.165, 1.54) is 17.6 Å². The van der Waals surface area contributed by atoms with Crippen LogP contribution in [-0.2, 0) is 6.42 Å². The Morgan fingerprint density at radius 2 is 1.88 bits per heavy atom. The molecule has 0 aliphatic heterocycles. The molecule has 0 spiro atoms. The van der Waals surface area contributed by atoms with Crippen molar-refractivity contribution in [1.29, 1.82) is 0 Å². The summed E-state index contributed by atoms with van der Waals surface area (Å²) in [4.78, 5) is 0. The lowest BCUT2D eigenvalue weighted by Gasteiger charge is -2.09. The van der Waals surface area contributed by atoms with Crippen LogP contribution in [0.4, 0.5) is 0 Å². The van der Waals surface area contributed by atoms with Crippen molar-refractivity contribution in [3.05, 3.63) is 53.3 Å². The zero-order chi connectivity index (χ0) is 11.5. The second-order valence-corrected chi connectivity index (χ2v) is 7.67. The summed E-state index contributed by atoms with van der Waals surface area (Å²) in [6.45, 7) is 0. The van der Waals surface area contributed by atoms with Crippen LogP contribution in [0.25, 0.3) is 0 Å². The molecule has 0 aliphatic rings. The van der Waals surface area contributed by atoms with E-state index in [4.69, 9.17) is 5.73 Å². The van der Waals surface area contributed by atoms with Crippen LogP contribution in [0.2, 0.25) is 0 Å². The molecule has 0 amide bonds. The van der Waals surface area contributed by atoms with Gasteiger partial charge in [0.1, 0.15) is 0 Å². The molecular formula is C12H11I2NS. The largest absolute Gasteiger partial charge is 0.324 e. The maximum absolute atomic E-state index is 6.18. The van der Waals surface area contributed by atoms with Gasteiger partial charge in [0.25, 0.3) is 0 Å². The molecule has 0 saturated carbocycles. The van der Waals surface area contributed by atoms with E-state index in [0.29, 0.717) is 0 Å². The molecule has 4 heteroatoms. The second-order valence-electron chi connectivity index (χ2n) is 3.62. The highest BCUT2D eigenvalue weighted by atomic mass is 127. The third-order valence-corrected chi connectivity index (χ3v) is 4.91. The number of nitrogens with two attached hydrogens (primary N) is 1. The molecule has 0 saturated heterocycles. The summed E-state index contributed by atoms with van der Waals surface area (Å²) in [6, 6.07) is 10.8. The zero-order valence-electron chi connectivity index (χ0n) is 8.49. The van der Waals surface area contributed by atoms with Crippen LogP contribution < -0.4 is 5.73 Å². The van der Waals surface area contributed by atoms with Crippen molar-refractivity contribution in [2.45, 2.75) is 12.5 Å². The van der Waals surface area contributed by atoms with Crippen LogP contribution in [0, 0.1) is 6.45 Å². The first-order chi connectivity index (χ1) is 7.65. The van der Waals surface area contributed by atoms with E-state index in [-0.39, 0.29) is 6.04 Å². The monoisotopic (exact) mass is 455 g/mol. The standard InChI is InChI=1S/C12H11I2NS/c13-10-3-1-8(2-4-10)5-11(15)9-6-12(14)16-7-9/h1-4,6-7,11H,5,15H2. The minimum Gasteiger partial charge on any atom is -0.324 e. The lowest BCUT2D eigenvalue weighted by molar-refractivity contribution is 0.724. The van der Waals surface area contributed by atoms with E-state index in [0.717, 1.165) is 6.42 Å². The van der Waals surface area contributed by atoms with Gasteiger partial charge in [0.05, 0.1) is 2.88 Å². The number of hydrogen-bond acceptors (Lipinski definition) is 2. The summed E-state index contributed by atoms with van der Waals surface area (Å²) in [6.07, 6.45) is 0.906. The molecule has 2 N–H and O–H groups in total. The van der Waals surface area contributed by atoms with Crippen LogP contribution in [-0.4, -0.2) is 0 Å². The van der Waals surface area contributed by atoms with Gasteiger partial charge in [-0.15, -0.1) is 11.3 Å². The Hall–Kier alpha value is 0.340. The topological polar surface area (TPSA) is 26.0 Å². The van der Waals surface area contributed by atoms with Gasteiger partial charge in [0.2, 0.25) is 0 Å². The van der Waals surface area contributed by atoms with Crippen LogP contribution in [0.5, 0.6) is 0 Å². The van der Waals surface area contributed by atoms with Crippen molar-refractivity contribution in [3.8, 4) is 0 Å². The maximum atomic E-state index is 6.18. The van der Waals surface area contributed by atoms with E-state index >= 15 is 0 Å². The van der Waals surface area contributed by atoms with Gasteiger partial charge < -0.3 is 5.73 Å². The molecule has 1 heterocycles. The Bertz CT molecular complexity index is 464. The molecule has 0 fully saturated rings. The minimum absolute atomic E-state index is 0.111. The van der Waals surface area contributed by atoms with Crippen molar-refractivity contribution in [3.63, 3.8) is 0 Å². The average Bonchev–Trinajstić information content (AvgIpc) is 2.68. The number of rotatable bonds is 3. The van der Waals surface area contributed by atoms with Crippen LogP contribution >= 0.6 is 56.5 Å². The second kappa shape index (κ2) is 5.79. The number of thiophene rings is 1. The van der Waals surface area contributed by atoms with Gasteiger partial charge in [-0.1, -0.05) is 12.1 Å².